The van der Waals surface area contributed by atoms with E-state index in [1.165, 1.54) is 0 Å². The molecule has 7 heteroatoms. The average Bonchev–Trinajstić information content (AvgIpc) is 3.09. The van der Waals surface area contributed by atoms with Gasteiger partial charge in [0.2, 0.25) is 5.82 Å². The smallest absolute Gasteiger partial charge is 0.330 e. The molecule has 0 atom stereocenters. The van der Waals surface area contributed by atoms with Crippen molar-refractivity contribution in [3.05, 3.63) is 65.7 Å². The van der Waals surface area contributed by atoms with E-state index in [0.717, 1.165) is 15.9 Å². The van der Waals surface area contributed by atoms with E-state index in [9.17, 15) is 9.59 Å². The first-order chi connectivity index (χ1) is 12.1. The Labute approximate surface area is 144 Å². The van der Waals surface area contributed by atoms with E-state index in [0.29, 0.717) is 11.4 Å². The minimum Gasteiger partial charge on any atom is -0.456 e. The lowest BCUT2D eigenvalue weighted by molar-refractivity contribution is -0.143. The molecule has 0 bridgehead atoms. The van der Waals surface area contributed by atoms with Gasteiger partial charge in [-0.2, -0.15) is 4.80 Å². The van der Waals surface area contributed by atoms with E-state index in [1.54, 1.807) is 24.3 Å². The summed E-state index contributed by atoms with van der Waals surface area (Å²) < 4.78 is 4.98. The zero-order valence-electron chi connectivity index (χ0n) is 13.6. The van der Waals surface area contributed by atoms with E-state index in [-0.39, 0.29) is 18.9 Å². The SMILES string of the molecule is Cc1ccc(-c2nnn(CC(=O)OCC(=O)c3ccccc3)n2)cc1. The van der Waals surface area contributed by atoms with Crippen LogP contribution in [0.2, 0.25) is 0 Å². The third-order valence-electron chi connectivity index (χ3n) is 3.49. The van der Waals surface area contributed by atoms with Crippen LogP contribution in [0.15, 0.2) is 54.6 Å². The molecule has 0 fully saturated rings. The zero-order valence-corrected chi connectivity index (χ0v) is 13.6. The summed E-state index contributed by atoms with van der Waals surface area (Å²) in [6, 6.07) is 16.3. The lowest BCUT2D eigenvalue weighted by Gasteiger charge is -2.03. The molecule has 7 nitrogen and oxygen atoms in total. The first-order valence-corrected chi connectivity index (χ1v) is 7.70. The number of carbonyl (C=O) groups excluding carboxylic acids is 2. The second kappa shape index (κ2) is 7.48. The monoisotopic (exact) mass is 336 g/mol. The summed E-state index contributed by atoms with van der Waals surface area (Å²) in [5.41, 5.74) is 2.43. The van der Waals surface area contributed by atoms with Crippen LogP contribution in [-0.2, 0) is 16.1 Å². The van der Waals surface area contributed by atoms with E-state index in [2.05, 4.69) is 15.4 Å². The van der Waals surface area contributed by atoms with Crippen LogP contribution in [0.3, 0.4) is 0 Å². The standard InChI is InChI=1S/C18H16N4O3/c1-13-7-9-15(10-8-13)18-19-21-22(20-18)11-17(24)25-12-16(23)14-5-3-2-4-6-14/h2-10H,11-12H2,1H3. The van der Waals surface area contributed by atoms with Crippen LogP contribution >= 0.6 is 0 Å². The molecule has 1 heterocycles. The molecule has 3 aromatic rings. The Balaban J connectivity index is 1.55. The average molecular weight is 336 g/mol. The van der Waals surface area contributed by atoms with E-state index in [1.807, 2.05) is 37.3 Å². The van der Waals surface area contributed by atoms with Gasteiger partial charge in [0.1, 0.15) is 0 Å². The van der Waals surface area contributed by atoms with Gasteiger partial charge in [0.05, 0.1) is 0 Å². The maximum absolute atomic E-state index is 11.9. The third kappa shape index (κ3) is 4.35. The Bertz CT molecular complexity index is 873. The van der Waals surface area contributed by atoms with Crippen LogP contribution in [0, 0.1) is 6.92 Å². The number of nitrogens with zero attached hydrogens (tertiary/aromatic N) is 4. The van der Waals surface area contributed by atoms with Crippen molar-refractivity contribution in [3.8, 4) is 11.4 Å². The predicted molar refractivity (Wildman–Crippen MR) is 89.7 cm³/mol. The van der Waals surface area contributed by atoms with Crippen LogP contribution in [0.1, 0.15) is 15.9 Å². The van der Waals surface area contributed by atoms with Gasteiger partial charge in [0.15, 0.2) is 18.9 Å². The molecule has 0 N–H and O–H groups in total. The third-order valence-corrected chi connectivity index (χ3v) is 3.49. The first kappa shape index (κ1) is 16.5. The number of ketones is 1. The number of esters is 1. The van der Waals surface area contributed by atoms with E-state index >= 15 is 0 Å². The van der Waals surface area contributed by atoms with Gasteiger partial charge >= 0.3 is 5.97 Å². The topological polar surface area (TPSA) is 87.0 Å². The molecular formula is C18H16N4O3. The quantitative estimate of drug-likeness (QED) is 0.506. The molecule has 0 unspecified atom stereocenters. The Kier molecular flexibility index (Phi) is 4.94. The molecule has 1 aromatic heterocycles. The number of hydrogen-bond donors (Lipinski definition) is 0. The summed E-state index contributed by atoms with van der Waals surface area (Å²) in [6.07, 6.45) is 0. The second-order valence-electron chi connectivity index (χ2n) is 5.46. The van der Waals surface area contributed by atoms with Crippen molar-refractivity contribution in [1.29, 1.82) is 0 Å². The molecule has 0 saturated carbocycles. The van der Waals surface area contributed by atoms with Gasteiger partial charge in [-0.1, -0.05) is 60.2 Å². The Hall–Kier alpha value is -3.35. The lowest BCUT2D eigenvalue weighted by Crippen LogP contribution is -2.19. The maximum atomic E-state index is 11.9. The highest BCUT2D eigenvalue weighted by molar-refractivity contribution is 5.97. The minimum absolute atomic E-state index is 0.207. The maximum Gasteiger partial charge on any atom is 0.330 e. The number of carbonyl (C=O) groups is 2. The number of hydrogen-bond acceptors (Lipinski definition) is 6. The fourth-order valence-electron chi connectivity index (χ4n) is 2.14. The molecule has 25 heavy (non-hydrogen) atoms. The number of Topliss-reactive ketones (excluding diaryl/α,β-unsaturated/α-hetero) is 1. The summed E-state index contributed by atoms with van der Waals surface area (Å²) in [7, 11) is 0. The molecule has 0 radical (unpaired) electrons. The van der Waals surface area contributed by atoms with Gasteiger partial charge in [0, 0.05) is 11.1 Å². The van der Waals surface area contributed by atoms with Crippen molar-refractivity contribution in [2.24, 2.45) is 0 Å². The Morgan fingerprint density at radius 2 is 1.76 bits per heavy atom. The van der Waals surface area contributed by atoms with Crippen LogP contribution < -0.4 is 0 Å². The molecule has 0 aliphatic heterocycles. The highest BCUT2D eigenvalue weighted by Crippen LogP contribution is 2.13. The van der Waals surface area contributed by atoms with Crippen molar-refractivity contribution >= 4 is 11.8 Å². The van der Waals surface area contributed by atoms with Crippen LogP contribution in [0.5, 0.6) is 0 Å². The van der Waals surface area contributed by atoms with E-state index in [4.69, 9.17) is 4.74 Å². The van der Waals surface area contributed by atoms with Crippen molar-refractivity contribution in [3.63, 3.8) is 0 Å². The molecule has 126 valence electrons. The largest absolute Gasteiger partial charge is 0.456 e. The lowest BCUT2D eigenvalue weighted by atomic mass is 10.1. The Morgan fingerprint density at radius 1 is 1.04 bits per heavy atom. The van der Waals surface area contributed by atoms with E-state index < -0.39 is 5.97 Å². The van der Waals surface area contributed by atoms with Crippen molar-refractivity contribution < 1.29 is 14.3 Å². The molecular weight excluding hydrogens is 320 g/mol. The van der Waals surface area contributed by atoms with Gasteiger partial charge in [-0.25, -0.2) is 4.79 Å². The molecule has 0 amide bonds. The molecule has 0 spiro atoms. The summed E-state index contributed by atoms with van der Waals surface area (Å²) >= 11 is 0. The number of benzene rings is 2. The summed E-state index contributed by atoms with van der Waals surface area (Å²) in [4.78, 5) is 24.9. The number of ether oxygens (including phenoxy) is 1. The highest BCUT2D eigenvalue weighted by atomic mass is 16.5. The number of tetrazole rings is 1. The van der Waals surface area contributed by atoms with Gasteiger partial charge in [-0.15, -0.1) is 10.2 Å². The molecule has 0 aliphatic carbocycles. The summed E-state index contributed by atoms with van der Waals surface area (Å²) in [5, 5.41) is 11.9. The fraction of sp³-hybridized carbons (Fsp3) is 0.167. The number of rotatable bonds is 6. The van der Waals surface area contributed by atoms with Crippen LogP contribution in [-0.4, -0.2) is 38.6 Å². The highest BCUT2D eigenvalue weighted by Gasteiger charge is 2.13. The first-order valence-electron chi connectivity index (χ1n) is 7.70. The summed E-state index contributed by atoms with van der Waals surface area (Å²) in [6.45, 7) is 1.46. The van der Waals surface area contributed by atoms with Crippen molar-refractivity contribution in [2.45, 2.75) is 13.5 Å². The molecule has 0 aliphatic rings. The van der Waals surface area contributed by atoms with Gasteiger partial charge in [-0.05, 0) is 12.1 Å². The number of aromatic nitrogens is 4. The number of aryl methyl sites for hydroxylation is 1. The normalized spacial score (nSPS) is 10.4. The minimum atomic E-state index is -0.600. The van der Waals surface area contributed by atoms with Crippen LogP contribution in [0.4, 0.5) is 0 Å². The Morgan fingerprint density at radius 3 is 2.48 bits per heavy atom. The molecule has 3 rings (SSSR count). The molecule has 0 saturated heterocycles. The van der Waals surface area contributed by atoms with Gasteiger partial charge in [0.25, 0.3) is 0 Å². The van der Waals surface area contributed by atoms with Crippen LogP contribution in [0.25, 0.3) is 11.4 Å². The predicted octanol–water partition coefficient (Wildman–Crippen LogP) is 2.07. The second-order valence-corrected chi connectivity index (χ2v) is 5.46. The zero-order chi connectivity index (χ0) is 17.6. The van der Waals surface area contributed by atoms with Gasteiger partial charge < -0.3 is 4.74 Å². The van der Waals surface area contributed by atoms with Gasteiger partial charge in [-0.3, -0.25) is 4.79 Å². The fourth-order valence-corrected chi connectivity index (χ4v) is 2.14. The van der Waals surface area contributed by atoms with Crippen molar-refractivity contribution in [2.75, 3.05) is 6.61 Å². The summed E-state index contributed by atoms with van der Waals surface area (Å²) in [5.74, 6) is -0.439. The van der Waals surface area contributed by atoms with Crippen molar-refractivity contribution in [1.82, 2.24) is 20.2 Å². The molecule has 2 aromatic carbocycles.